The van der Waals surface area contributed by atoms with Crippen LogP contribution in [0, 0.1) is 0 Å². The molecule has 0 aromatic rings. The van der Waals surface area contributed by atoms with Crippen molar-refractivity contribution >= 4 is 0 Å². The first kappa shape index (κ1) is 13.3. The summed E-state index contributed by atoms with van der Waals surface area (Å²) in [5, 5.41) is 21.7. The molecule has 4 nitrogen and oxygen atoms in total. The number of β-amino-alcohol motifs (C(OH)–C–C–N with tert-alkyl or cyclic N) is 1. The number of hydrogen-bond acceptors (Lipinski definition) is 4. The Balaban J connectivity index is 0.000000128. The van der Waals surface area contributed by atoms with Crippen LogP contribution in [-0.2, 0) is 0 Å². The van der Waals surface area contributed by atoms with Crippen molar-refractivity contribution in [2.45, 2.75) is 56.8 Å². The van der Waals surface area contributed by atoms with Crippen LogP contribution in [0.5, 0.6) is 0 Å². The van der Waals surface area contributed by atoms with Gasteiger partial charge in [0.05, 0.1) is 11.7 Å². The zero-order valence-corrected chi connectivity index (χ0v) is 10.9. The van der Waals surface area contributed by atoms with Crippen molar-refractivity contribution in [1.29, 1.82) is 0 Å². The first-order valence-corrected chi connectivity index (χ1v) is 6.92. The van der Waals surface area contributed by atoms with Crippen LogP contribution in [0.2, 0.25) is 0 Å². The van der Waals surface area contributed by atoms with Gasteiger partial charge in [0.2, 0.25) is 0 Å². The molecule has 3 rings (SSSR count). The number of rotatable bonds is 0. The van der Waals surface area contributed by atoms with Gasteiger partial charge in [0, 0.05) is 25.7 Å². The summed E-state index contributed by atoms with van der Waals surface area (Å²) in [6.07, 6.45) is 5.58. The van der Waals surface area contributed by atoms with Gasteiger partial charge in [-0.05, 0) is 45.6 Å². The van der Waals surface area contributed by atoms with Crippen LogP contribution in [0.1, 0.15) is 39.0 Å². The molecule has 0 aromatic heterocycles. The average Bonchev–Trinajstić information content (AvgIpc) is 2.49. The molecule has 0 radical (unpaired) electrons. The van der Waals surface area contributed by atoms with Gasteiger partial charge in [-0.2, -0.15) is 0 Å². The molecule has 0 spiro atoms. The second kappa shape index (κ2) is 5.65. The summed E-state index contributed by atoms with van der Waals surface area (Å²) in [5.74, 6) is 0. The Kier molecular flexibility index (Phi) is 4.42. The van der Waals surface area contributed by atoms with E-state index in [0.29, 0.717) is 0 Å². The number of nitrogens with one attached hydrogen (secondary N) is 1. The third-order valence-corrected chi connectivity index (χ3v) is 4.01. The third kappa shape index (κ3) is 3.91. The van der Waals surface area contributed by atoms with Gasteiger partial charge in [0.1, 0.15) is 0 Å². The summed E-state index contributed by atoms with van der Waals surface area (Å²) in [7, 11) is 0. The maximum absolute atomic E-state index is 9.53. The molecule has 3 N–H and O–H groups in total. The van der Waals surface area contributed by atoms with Crippen molar-refractivity contribution in [3.63, 3.8) is 0 Å². The minimum Gasteiger partial charge on any atom is -0.392 e. The van der Waals surface area contributed by atoms with Gasteiger partial charge in [-0.25, -0.2) is 0 Å². The van der Waals surface area contributed by atoms with Crippen molar-refractivity contribution in [2.24, 2.45) is 0 Å². The van der Waals surface area contributed by atoms with Crippen LogP contribution in [0.4, 0.5) is 0 Å². The summed E-state index contributed by atoms with van der Waals surface area (Å²) in [5.41, 5.74) is -0.374. The Morgan fingerprint density at radius 3 is 2.65 bits per heavy atom. The van der Waals surface area contributed by atoms with E-state index in [1.165, 1.54) is 25.8 Å². The lowest BCUT2D eigenvalue weighted by Gasteiger charge is -2.33. The van der Waals surface area contributed by atoms with Crippen LogP contribution in [-0.4, -0.2) is 59.0 Å². The van der Waals surface area contributed by atoms with Gasteiger partial charge in [0.25, 0.3) is 0 Å². The fourth-order valence-electron chi connectivity index (χ4n) is 2.94. The average molecular weight is 242 g/mol. The van der Waals surface area contributed by atoms with E-state index in [1.54, 1.807) is 0 Å². The second-order valence-electron chi connectivity index (χ2n) is 5.97. The summed E-state index contributed by atoms with van der Waals surface area (Å²) in [6, 6.07) is 0.722. The largest absolute Gasteiger partial charge is 0.392 e. The van der Waals surface area contributed by atoms with E-state index in [-0.39, 0.29) is 11.7 Å². The minimum absolute atomic E-state index is 0.0856. The molecule has 3 unspecified atom stereocenters. The van der Waals surface area contributed by atoms with Crippen molar-refractivity contribution < 1.29 is 10.2 Å². The molecule has 3 atom stereocenters. The Labute approximate surface area is 104 Å². The van der Waals surface area contributed by atoms with E-state index in [0.717, 1.165) is 38.5 Å². The quantitative estimate of drug-likeness (QED) is 0.573. The molecular weight excluding hydrogens is 216 g/mol. The molecule has 3 aliphatic heterocycles. The van der Waals surface area contributed by atoms with Crippen molar-refractivity contribution in [1.82, 2.24) is 10.2 Å². The molecule has 17 heavy (non-hydrogen) atoms. The highest BCUT2D eigenvalue weighted by Crippen LogP contribution is 2.34. The van der Waals surface area contributed by atoms with E-state index < -0.39 is 0 Å². The van der Waals surface area contributed by atoms with Crippen molar-refractivity contribution in [3.8, 4) is 0 Å². The Bertz CT molecular complexity index is 224. The Morgan fingerprint density at radius 1 is 1.29 bits per heavy atom. The first-order valence-electron chi connectivity index (χ1n) is 6.92. The second-order valence-corrected chi connectivity index (χ2v) is 5.97. The summed E-state index contributed by atoms with van der Waals surface area (Å²) >= 11 is 0. The number of aliphatic hydroxyl groups is 2. The lowest BCUT2D eigenvalue weighted by atomic mass is 9.99. The first-order chi connectivity index (χ1) is 8.07. The highest BCUT2D eigenvalue weighted by Gasteiger charge is 2.43. The number of aliphatic hydroxyl groups excluding tert-OH is 1. The fraction of sp³-hybridized carbons (Fsp3) is 1.00. The fourth-order valence-corrected chi connectivity index (χ4v) is 2.94. The van der Waals surface area contributed by atoms with Gasteiger partial charge in [-0.1, -0.05) is 0 Å². The van der Waals surface area contributed by atoms with Crippen LogP contribution < -0.4 is 5.32 Å². The van der Waals surface area contributed by atoms with Crippen LogP contribution in [0.25, 0.3) is 0 Å². The molecule has 4 heteroatoms. The number of hydrogen-bond donors (Lipinski definition) is 3. The molecule has 0 aromatic carbocycles. The van der Waals surface area contributed by atoms with Gasteiger partial charge in [0.15, 0.2) is 0 Å². The van der Waals surface area contributed by atoms with Crippen LogP contribution >= 0.6 is 0 Å². The summed E-state index contributed by atoms with van der Waals surface area (Å²) in [6.45, 7) is 5.92. The minimum atomic E-state index is -0.374. The number of fused-ring (bicyclic) bond motifs is 1. The van der Waals surface area contributed by atoms with Crippen molar-refractivity contribution in [3.05, 3.63) is 0 Å². The lowest BCUT2D eigenvalue weighted by molar-refractivity contribution is 0.0676. The van der Waals surface area contributed by atoms with Gasteiger partial charge in [-0.15, -0.1) is 0 Å². The maximum Gasteiger partial charge on any atom is 0.0761 e. The predicted molar refractivity (Wildman–Crippen MR) is 67.9 cm³/mol. The summed E-state index contributed by atoms with van der Waals surface area (Å²) in [4.78, 5) is 2.36. The maximum atomic E-state index is 9.53. The molecule has 0 aliphatic carbocycles. The topological polar surface area (TPSA) is 55.7 Å². The van der Waals surface area contributed by atoms with Crippen LogP contribution in [0.15, 0.2) is 0 Å². The van der Waals surface area contributed by atoms with E-state index >= 15 is 0 Å². The molecule has 0 bridgehead atoms. The molecule has 100 valence electrons. The van der Waals surface area contributed by atoms with Gasteiger partial charge < -0.3 is 15.5 Å². The summed E-state index contributed by atoms with van der Waals surface area (Å²) < 4.78 is 0. The molecule has 3 fully saturated rings. The standard InChI is InChI=1S/C7H13NO.C6H13NO/c1-7(9)4-6-2-3-8(6)5-7;8-6-3-1-2-4-7-5-6/h6,9H,2-5H2,1H3;6-8H,1-5H2. The highest BCUT2D eigenvalue weighted by atomic mass is 16.3. The van der Waals surface area contributed by atoms with Gasteiger partial charge in [-0.3, -0.25) is 4.90 Å². The SMILES string of the molecule is CC1(O)CC2CCN2C1.OC1CCCCNC1. The van der Waals surface area contributed by atoms with E-state index in [2.05, 4.69) is 10.2 Å². The number of nitrogens with zero attached hydrogens (tertiary/aromatic N) is 1. The normalized spacial score (nSPS) is 41.8. The predicted octanol–water partition coefficient (Wildman–Crippen LogP) is 0.336. The third-order valence-electron chi connectivity index (χ3n) is 4.01. The molecule has 3 aliphatic rings. The van der Waals surface area contributed by atoms with Gasteiger partial charge >= 0.3 is 0 Å². The van der Waals surface area contributed by atoms with E-state index in [1.807, 2.05) is 6.92 Å². The highest BCUT2D eigenvalue weighted by molar-refractivity contribution is 4.99. The molecular formula is C13H26N2O2. The lowest BCUT2D eigenvalue weighted by Crippen LogP contribution is -2.42. The van der Waals surface area contributed by atoms with E-state index in [4.69, 9.17) is 5.11 Å². The zero-order chi connectivity index (χ0) is 12.3. The van der Waals surface area contributed by atoms with Crippen LogP contribution in [0.3, 0.4) is 0 Å². The molecule has 0 amide bonds. The molecule has 0 saturated carbocycles. The van der Waals surface area contributed by atoms with Crippen molar-refractivity contribution in [2.75, 3.05) is 26.2 Å². The monoisotopic (exact) mass is 242 g/mol. The molecule has 3 heterocycles. The van der Waals surface area contributed by atoms with E-state index in [9.17, 15) is 5.11 Å². The Hall–Kier alpha value is -0.160. The Morgan fingerprint density at radius 2 is 2.12 bits per heavy atom. The molecule has 3 saturated heterocycles. The zero-order valence-electron chi connectivity index (χ0n) is 10.9. The smallest absolute Gasteiger partial charge is 0.0761 e.